The van der Waals surface area contributed by atoms with Crippen molar-refractivity contribution in [1.82, 2.24) is 8.61 Å². The standard InChI is InChI=1S/C10H18N2O4S/c1-16-10(13)9-4-7-12(8-9)17(14,15)11-5-2-3-6-11/h9H,2-8H2,1H3. The fourth-order valence-electron chi connectivity index (χ4n) is 2.38. The first-order valence-corrected chi connectivity index (χ1v) is 7.28. The van der Waals surface area contributed by atoms with E-state index in [-0.39, 0.29) is 18.4 Å². The Kier molecular flexibility index (Phi) is 3.70. The third-order valence-corrected chi connectivity index (χ3v) is 5.41. The van der Waals surface area contributed by atoms with Gasteiger partial charge in [-0.2, -0.15) is 17.0 Å². The van der Waals surface area contributed by atoms with E-state index in [4.69, 9.17) is 0 Å². The van der Waals surface area contributed by atoms with Crippen molar-refractivity contribution in [2.45, 2.75) is 19.3 Å². The lowest BCUT2D eigenvalue weighted by Crippen LogP contribution is -2.41. The third kappa shape index (κ3) is 2.46. The first kappa shape index (κ1) is 12.8. The summed E-state index contributed by atoms with van der Waals surface area (Å²) < 4.78 is 31.9. The minimum Gasteiger partial charge on any atom is -0.469 e. The predicted molar refractivity (Wildman–Crippen MR) is 61.4 cm³/mol. The number of nitrogens with zero attached hydrogens (tertiary/aromatic N) is 2. The van der Waals surface area contributed by atoms with Crippen molar-refractivity contribution in [2.75, 3.05) is 33.3 Å². The van der Waals surface area contributed by atoms with Crippen LogP contribution in [-0.4, -0.2) is 56.3 Å². The molecular formula is C10H18N2O4S. The number of rotatable bonds is 3. The molecule has 1 unspecified atom stereocenters. The molecule has 0 N–H and O–H groups in total. The van der Waals surface area contributed by atoms with Crippen LogP contribution in [0.4, 0.5) is 0 Å². The highest BCUT2D eigenvalue weighted by atomic mass is 32.2. The Morgan fingerprint density at radius 2 is 1.82 bits per heavy atom. The molecule has 0 radical (unpaired) electrons. The molecule has 98 valence electrons. The molecule has 2 aliphatic heterocycles. The molecule has 0 spiro atoms. The Bertz CT molecular complexity index is 389. The molecule has 0 aromatic rings. The average molecular weight is 262 g/mol. The summed E-state index contributed by atoms with van der Waals surface area (Å²) in [5.74, 6) is -0.624. The van der Waals surface area contributed by atoms with Crippen LogP contribution in [0.15, 0.2) is 0 Å². The van der Waals surface area contributed by atoms with Gasteiger partial charge >= 0.3 is 5.97 Å². The number of methoxy groups -OCH3 is 1. The zero-order valence-corrected chi connectivity index (χ0v) is 10.8. The topological polar surface area (TPSA) is 66.9 Å². The first-order chi connectivity index (χ1) is 8.05. The summed E-state index contributed by atoms with van der Waals surface area (Å²) in [6.07, 6.45) is 2.40. The normalized spacial score (nSPS) is 27.5. The van der Waals surface area contributed by atoms with E-state index in [0.717, 1.165) is 12.8 Å². The molecular weight excluding hydrogens is 244 g/mol. The summed E-state index contributed by atoms with van der Waals surface area (Å²) in [6.45, 7) is 1.87. The Labute approximate surface area is 102 Å². The van der Waals surface area contributed by atoms with E-state index in [0.29, 0.717) is 26.1 Å². The van der Waals surface area contributed by atoms with Gasteiger partial charge in [-0.15, -0.1) is 0 Å². The number of carbonyl (C=O) groups excluding carboxylic acids is 1. The minimum atomic E-state index is -3.35. The van der Waals surface area contributed by atoms with Gasteiger partial charge in [-0.25, -0.2) is 0 Å². The van der Waals surface area contributed by atoms with Crippen LogP contribution >= 0.6 is 0 Å². The van der Waals surface area contributed by atoms with E-state index >= 15 is 0 Å². The van der Waals surface area contributed by atoms with Gasteiger partial charge in [-0.1, -0.05) is 0 Å². The number of hydrogen-bond donors (Lipinski definition) is 0. The monoisotopic (exact) mass is 262 g/mol. The molecule has 0 bridgehead atoms. The second kappa shape index (κ2) is 4.91. The van der Waals surface area contributed by atoms with Gasteiger partial charge in [-0.05, 0) is 19.3 Å². The molecule has 1 atom stereocenters. The Morgan fingerprint density at radius 3 is 2.41 bits per heavy atom. The maximum atomic E-state index is 12.2. The van der Waals surface area contributed by atoms with Crippen molar-refractivity contribution in [2.24, 2.45) is 5.92 Å². The Hall–Kier alpha value is -0.660. The Balaban J connectivity index is 2.02. The lowest BCUT2D eigenvalue weighted by Gasteiger charge is -2.23. The van der Waals surface area contributed by atoms with Crippen LogP contribution < -0.4 is 0 Å². The zero-order chi connectivity index (χ0) is 12.5. The number of hydrogen-bond acceptors (Lipinski definition) is 4. The van der Waals surface area contributed by atoms with Gasteiger partial charge in [0.2, 0.25) is 0 Å². The van der Waals surface area contributed by atoms with Gasteiger partial charge in [0.1, 0.15) is 0 Å². The van der Waals surface area contributed by atoms with Gasteiger partial charge in [0.25, 0.3) is 10.2 Å². The quantitative estimate of drug-likeness (QED) is 0.662. The molecule has 0 saturated carbocycles. The molecule has 2 fully saturated rings. The summed E-state index contributed by atoms with van der Waals surface area (Å²) in [7, 11) is -2.02. The van der Waals surface area contributed by atoms with Crippen LogP contribution in [0, 0.1) is 5.92 Å². The average Bonchev–Trinajstić information content (AvgIpc) is 2.98. The van der Waals surface area contributed by atoms with Crippen molar-refractivity contribution >= 4 is 16.2 Å². The lowest BCUT2D eigenvalue weighted by molar-refractivity contribution is -0.144. The fraction of sp³-hybridized carbons (Fsp3) is 0.900. The van der Waals surface area contributed by atoms with Crippen LogP contribution in [0.1, 0.15) is 19.3 Å². The van der Waals surface area contributed by atoms with E-state index in [9.17, 15) is 13.2 Å². The molecule has 7 heteroatoms. The molecule has 2 saturated heterocycles. The van der Waals surface area contributed by atoms with Crippen LogP contribution in [0.3, 0.4) is 0 Å². The maximum Gasteiger partial charge on any atom is 0.310 e. The first-order valence-electron chi connectivity index (χ1n) is 5.89. The molecule has 2 aliphatic rings. The van der Waals surface area contributed by atoms with Gasteiger partial charge in [0, 0.05) is 26.2 Å². The second-order valence-electron chi connectivity index (χ2n) is 4.48. The van der Waals surface area contributed by atoms with Crippen LogP contribution in [0.25, 0.3) is 0 Å². The van der Waals surface area contributed by atoms with Crippen molar-refractivity contribution < 1.29 is 17.9 Å². The predicted octanol–water partition coefficient (Wildman–Crippen LogP) is -0.178. The van der Waals surface area contributed by atoms with Crippen molar-refractivity contribution in [1.29, 1.82) is 0 Å². The summed E-state index contributed by atoms with van der Waals surface area (Å²) in [5, 5.41) is 0. The molecule has 2 heterocycles. The smallest absolute Gasteiger partial charge is 0.310 e. The molecule has 2 rings (SSSR count). The number of esters is 1. The maximum absolute atomic E-state index is 12.2. The zero-order valence-electron chi connectivity index (χ0n) is 9.96. The third-order valence-electron chi connectivity index (χ3n) is 3.40. The van der Waals surface area contributed by atoms with Crippen molar-refractivity contribution in [3.63, 3.8) is 0 Å². The van der Waals surface area contributed by atoms with E-state index in [1.807, 2.05) is 0 Å². The van der Waals surface area contributed by atoms with Gasteiger partial charge < -0.3 is 4.74 Å². The largest absolute Gasteiger partial charge is 0.469 e. The van der Waals surface area contributed by atoms with E-state index < -0.39 is 10.2 Å². The summed E-state index contributed by atoms with van der Waals surface area (Å²) in [4.78, 5) is 11.4. The molecule has 0 amide bonds. The SMILES string of the molecule is COC(=O)C1CCN(S(=O)(=O)N2CCCC2)C1. The minimum absolute atomic E-state index is 0.255. The van der Waals surface area contributed by atoms with Gasteiger partial charge in [0.15, 0.2) is 0 Å². The van der Waals surface area contributed by atoms with Gasteiger partial charge in [0.05, 0.1) is 13.0 Å². The van der Waals surface area contributed by atoms with E-state index in [2.05, 4.69) is 4.74 Å². The molecule has 0 aromatic carbocycles. The molecule has 0 aromatic heterocycles. The number of carbonyl (C=O) groups is 1. The van der Waals surface area contributed by atoms with Crippen molar-refractivity contribution in [3.05, 3.63) is 0 Å². The van der Waals surface area contributed by atoms with Crippen LogP contribution in [0.5, 0.6) is 0 Å². The molecule has 6 nitrogen and oxygen atoms in total. The summed E-state index contributed by atoms with van der Waals surface area (Å²) in [5.41, 5.74) is 0. The van der Waals surface area contributed by atoms with E-state index in [1.165, 1.54) is 15.7 Å². The second-order valence-corrected chi connectivity index (χ2v) is 6.41. The highest BCUT2D eigenvalue weighted by Crippen LogP contribution is 2.24. The summed E-state index contributed by atoms with van der Waals surface area (Å²) >= 11 is 0. The van der Waals surface area contributed by atoms with Gasteiger partial charge in [-0.3, -0.25) is 4.79 Å². The fourth-order valence-corrected chi connectivity index (χ4v) is 4.13. The Morgan fingerprint density at radius 1 is 1.18 bits per heavy atom. The molecule has 0 aliphatic carbocycles. The van der Waals surface area contributed by atoms with Crippen molar-refractivity contribution in [3.8, 4) is 0 Å². The highest BCUT2D eigenvalue weighted by molar-refractivity contribution is 7.86. The van der Waals surface area contributed by atoms with E-state index in [1.54, 1.807) is 0 Å². The summed E-state index contributed by atoms with van der Waals surface area (Å²) in [6, 6.07) is 0. The number of ether oxygens (including phenoxy) is 1. The lowest BCUT2D eigenvalue weighted by atomic mass is 10.1. The highest BCUT2D eigenvalue weighted by Gasteiger charge is 2.39. The van der Waals surface area contributed by atoms with Crippen LogP contribution in [-0.2, 0) is 19.7 Å². The van der Waals surface area contributed by atoms with Crippen LogP contribution in [0.2, 0.25) is 0 Å². The molecule has 17 heavy (non-hydrogen) atoms.